The van der Waals surface area contributed by atoms with E-state index < -0.39 is 6.10 Å². The summed E-state index contributed by atoms with van der Waals surface area (Å²) < 4.78 is 4.85. The van der Waals surface area contributed by atoms with Gasteiger partial charge in [0.25, 0.3) is 0 Å². The Labute approximate surface area is 86.6 Å². The van der Waals surface area contributed by atoms with Crippen LogP contribution in [0.1, 0.15) is 26.7 Å². The number of hydrogen-bond donors (Lipinski definition) is 1. The van der Waals surface area contributed by atoms with Gasteiger partial charge >= 0.3 is 5.97 Å². The van der Waals surface area contributed by atoms with Gasteiger partial charge in [-0.2, -0.15) is 0 Å². The number of hydrogen-bond acceptors (Lipinski definition) is 3. The SMILES string of the molecule is CCC[C@H](I)[C@H](O)COC(C)=O. The number of aliphatic hydroxyl groups excluding tert-OH is 1. The van der Waals surface area contributed by atoms with Gasteiger partial charge in [0.1, 0.15) is 6.61 Å². The van der Waals surface area contributed by atoms with E-state index >= 15 is 0 Å². The molecule has 2 atom stereocenters. The summed E-state index contributed by atoms with van der Waals surface area (Å²) in [6.45, 7) is 3.52. The lowest BCUT2D eigenvalue weighted by Crippen LogP contribution is -2.26. The van der Waals surface area contributed by atoms with Crippen LogP contribution in [0.15, 0.2) is 0 Å². The summed E-state index contributed by atoms with van der Waals surface area (Å²) in [5, 5.41) is 9.41. The first-order valence-corrected chi connectivity index (χ1v) is 5.28. The lowest BCUT2D eigenvalue weighted by molar-refractivity contribution is -0.143. The topological polar surface area (TPSA) is 46.5 Å². The molecule has 0 saturated heterocycles. The second kappa shape index (κ2) is 6.65. The van der Waals surface area contributed by atoms with E-state index in [0.717, 1.165) is 12.8 Å². The molecule has 72 valence electrons. The number of halogens is 1. The second-order valence-electron chi connectivity index (χ2n) is 2.67. The molecule has 0 bridgehead atoms. The number of alkyl halides is 1. The van der Waals surface area contributed by atoms with Gasteiger partial charge in [0.05, 0.1) is 6.10 Å². The van der Waals surface area contributed by atoms with Crippen LogP contribution in [-0.2, 0) is 9.53 Å². The summed E-state index contributed by atoms with van der Waals surface area (Å²) in [4.78, 5) is 10.4. The van der Waals surface area contributed by atoms with Crippen molar-refractivity contribution in [3.8, 4) is 0 Å². The van der Waals surface area contributed by atoms with Crippen molar-refractivity contribution in [2.45, 2.75) is 36.7 Å². The van der Waals surface area contributed by atoms with Crippen molar-refractivity contribution in [3.05, 3.63) is 0 Å². The van der Waals surface area contributed by atoms with Crippen LogP contribution in [0.3, 0.4) is 0 Å². The van der Waals surface area contributed by atoms with Crippen LogP contribution < -0.4 is 0 Å². The molecule has 0 aromatic rings. The molecule has 0 fully saturated rings. The molecule has 0 aromatic heterocycles. The zero-order valence-electron chi connectivity index (χ0n) is 7.42. The fourth-order valence-electron chi connectivity index (χ4n) is 0.775. The number of rotatable bonds is 5. The van der Waals surface area contributed by atoms with Gasteiger partial charge < -0.3 is 9.84 Å². The van der Waals surface area contributed by atoms with Gasteiger partial charge in [0.2, 0.25) is 0 Å². The van der Waals surface area contributed by atoms with Gasteiger partial charge in [0.15, 0.2) is 0 Å². The average molecular weight is 286 g/mol. The van der Waals surface area contributed by atoms with Gasteiger partial charge in [-0.05, 0) is 6.42 Å². The third-order valence-electron chi connectivity index (χ3n) is 1.44. The Morgan fingerprint density at radius 2 is 2.25 bits per heavy atom. The highest BCUT2D eigenvalue weighted by molar-refractivity contribution is 14.1. The normalized spacial score (nSPS) is 15.3. The highest BCUT2D eigenvalue weighted by Crippen LogP contribution is 2.13. The van der Waals surface area contributed by atoms with Crippen LogP contribution in [-0.4, -0.2) is 27.7 Å². The summed E-state index contributed by atoms with van der Waals surface area (Å²) in [6.07, 6.45) is 1.45. The third-order valence-corrected chi connectivity index (χ3v) is 2.89. The molecule has 0 unspecified atom stereocenters. The van der Waals surface area contributed by atoms with Gasteiger partial charge in [-0.15, -0.1) is 0 Å². The predicted octanol–water partition coefficient (Wildman–Crippen LogP) is 1.51. The quantitative estimate of drug-likeness (QED) is 0.473. The molecule has 0 amide bonds. The number of carbonyl (C=O) groups excluding carboxylic acids is 1. The standard InChI is InChI=1S/C8H15IO3/c1-3-4-7(9)8(11)5-12-6(2)10/h7-8,11H,3-5H2,1-2H3/t7-,8+/m0/s1. The maximum absolute atomic E-state index is 10.4. The van der Waals surface area contributed by atoms with Crippen molar-refractivity contribution in [2.75, 3.05) is 6.61 Å². The van der Waals surface area contributed by atoms with Gasteiger partial charge in [0, 0.05) is 10.8 Å². The van der Waals surface area contributed by atoms with Crippen molar-refractivity contribution >= 4 is 28.6 Å². The summed E-state index contributed by atoms with van der Waals surface area (Å²) in [6, 6.07) is 0. The molecule has 12 heavy (non-hydrogen) atoms. The van der Waals surface area contributed by atoms with Gasteiger partial charge in [-0.3, -0.25) is 4.79 Å². The molecule has 0 heterocycles. The zero-order valence-corrected chi connectivity index (χ0v) is 9.58. The minimum atomic E-state index is -0.533. The molecule has 0 rings (SSSR count). The maximum Gasteiger partial charge on any atom is 0.302 e. The van der Waals surface area contributed by atoms with Gasteiger partial charge in [-0.25, -0.2) is 0 Å². The van der Waals surface area contributed by atoms with Crippen LogP contribution in [0.4, 0.5) is 0 Å². The first-order valence-electron chi connectivity index (χ1n) is 4.03. The molecule has 0 aliphatic heterocycles. The van der Waals surface area contributed by atoms with Crippen molar-refractivity contribution < 1.29 is 14.6 Å². The largest absolute Gasteiger partial charge is 0.463 e. The summed E-state index contributed by atoms with van der Waals surface area (Å²) in [5.41, 5.74) is 0. The van der Waals surface area contributed by atoms with Crippen molar-refractivity contribution in [3.63, 3.8) is 0 Å². The van der Waals surface area contributed by atoms with Crippen LogP contribution in [0.25, 0.3) is 0 Å². The lowest BCUT2D eigenvalue weighted by Gasteiger charge is -2.15. The molecule has 0 spiro atoms. The third kappa shape index (κ3) is 5.77. The van der Waals surface area contributed by atoms with Crippen LogP contribution >= 0.6 is 22.6 Å². The molecule has 0 aliphatic carbocycles. The van der Waals surface area contributed by atoms with Gasteiger partial charge in [-0.1, -0.05) is 35.9 Å². The molecule has 0 radical (unpaired) electrons. The fourth-order valence-corrected chi connectivity index (χ4v) is 1.61. The number of esters is 1. The Hall–Kier alpha value is 0.160. The van der Waals surface area contributed by atoms with Crippen molar-refractivity contribution in [1.29, 1.82) is 0 Å². The molecular formula is C8H15IO3. The summed E-state index contributed by atoms with van der Waals surface area (Å²) >= 11 is 2.17. The minimum absolute atomic E-state index is 0.114. The number of carbonyl (C=O) groups is 1. The first-order chi connectivity index (χ1) is 5.57. The molecule has 4 heteroatoms. The van der Waals surface area contributed by atoms with E-state index in [4.69, 9.17) is 0 Å². The van der Waals surface area contributed by atoms with Crippen molar-refractivity contribution in [2.24, 2.45) is 0 Å². The molecule has 1 N–H and O–H groups in total. The highest BCUT2D eigenvalue weighted by atomic mass is 127. The summed E-state index contributed by atoms with van der Waals surface area (Å²) in [5.74, 6) is -0.339. The van der Waals surface area contributed by atoms with E-state index in [0.29, 0.717) is 0 Å². The number of aliphatic hydroxyl groups is 1. The zero-order chi connectivity index (χ0) is 9.56. The van der Waals surface area contributed by atoms with E-state index in [1.165, 1.54) is 6.92 Å². The van der Waals surface area contributed by atoms with Crippen LogP contribution in [0.2, 0.25) is 0 Å². The predicted molar refractivity (Wildman–Crippen MR) is 55.4 cm³/mol. The monoisotopic (exact) mass is 286 g/mol. The molecule has 0 aromatic carbocycles. The Bertz CT molecular complexity index is 138. The van der Waals surface area contributed by atoms with Crippen LogP contribution in [0.5, 0.6) is 0 Å². The molecular weight excluding hydrogens is 271 g/mol. The summed E-state index contributed by atoms with van der Waals surface area (Å²) in [7, 11) is 0. The molecule has 3 nitrogen and oxygen atoms in total. The van der Waals surface area contributed by atoms with E-state index in [-0.39, 0.29) is 16.5 Å². The fraction of sp³-hybridized carbons (Fsp3) is 0.875. The first kappa shape index (κ1) is 12.2. The van der Waals surface area contributed by atoms with E-state index in [9.17, 15) is 9.90 Å². The number of ether oxygens (including phenoxy) is 1. The smallest absolute Gasteiger partial charge is 0.302 e. The van der Waals surface area contributed by atoms with Crippen LogP contribution in [0, 0.1) is 0 Å². The highest BCUT2D eigenvalue weighted by Gasteiger charge is 2.15. The lowest BCUT2D eigenvalue weighted by atomic mass is 10.2. The Balaban J connectivity index is 3.55. The second-order valence-corrected chi connectivity index (χ2v) is 4.27. The minimum Gasteiger partial charge on any atom is -0.463 e. The van der Waals surface area contributed by atoms with Crippen molar-refractivity contribution in [1.82, 2.24) is 0 Å². The Morgan fingerprint density at radius 1 is 1.67 bits per heavy atom. The average Bonchev–Trinajstić information content (AvgIpc) is 2.00. The van der Waals surface area contributed by atoms with E-state index in [2.05, 4.69) is 34.3 Å². The molecule has 0 aliphatic rings. The van der Waals surface area contributed by atoms with E-state index in [1.807, 2.05) is 0 Å². The maximum atomic E-state index is 10.4. The van der Waals surface area contributed by atoms with E-state index in [1.54, 1.807) is 0 Å². The Kier molecular flexibility index (Phi) is 6.74. The molecule has 0 saturated carbocycles. The Morgan fingerprint density at radius 3 is 2.67 bits per heavy atom.